The van der Waals surface area contributed by atoms with E-state index in [1.807, 2.05) is 30.0 Å². The van der Waals surface area contributed by atoms with E-state index in [1.165, 1.54) is 0 Å². The van der Waals surface area contributed by atoms with Crippen molar-refractivity contribution in [3.63, 3.8) is 0 Å². The van der Waals surface area contributed by atoms with Crippen molar-refractivity contribution < 1.29 is 4.79 Å². The molecule has 1 fully saturated rings. The standard InChI is InChI=1S/C13H14N2O/c1-10-4-5-13(11(7-10)8-14)15-6-2-3-12(16)9-15/h4-5,7H,2-3,6,9H2,1H3. The Bertz CT molecular complexity index is 459. The molecule has 1 aliphatic rings. The number of ketones is 1. The van der Waals surface area contributed by atoms with Gasteiger partial charge in [0, 0.05) is 13.0 Å². The number of carbonyl (C=O) groups is 1. The van der Waals surface area contributed by atoms with E-state index in [9.17, 15) is 4.79 Å². The summed E-state index contributed by atoms with van der Waals surface area (Å²) >= 11 is 0. The summed E-state index contributed by atoms with van der Waals surface area (Å²) in [5.41, 5.74) is 2.62. The van der Waals surface area contributed by atoms with E-state index < -0.39 is 0 Å². The fourth-order valence-corrected chi connectivity index (χ4v) is 2.06. The number of benzene rings is 1. The maximum atomic E-state index is 11.4. The van der Waals surface area contributed by atoms with Crippen LogP contribution in [0.15, 0.2) is 18.2 Å². The average molecular weight is 214 g/mol. The predicted octanol–water partition coefficient (Wildman–Crippen LogP) is 2.04. The van der Waals surface area contributed by atoms with Crippen molar-refractivity contribution >= 4 is 11.5 Å². The fourth-order valence-electron chi connectivity index (χ4n) is 2.06. The molecule has 0 N–H and O–H groups in total. The van der Waals surface area contributed by atoms with Gasteiger partial charge >= 0.3 is 0 Å². The zero-order valence-corrected chi connectivity index (χ0v) is 9.36. The van der Waals surface area contributed by atoms with Crippen molar-refractivity contribution in [2.75, 3.05) is 18.0 Å². The topological polar surface area (TPSA) is 44.1 Å². The number of nitrogens with zero attached hydrogens (tertiary/aromatic N) is 2. The largest absolute Gasteiger partial charge is 0.363 e. The van der Waals surface area contributed by atoms with Crippen LogP contribution in [-0.2, 0) is 4.79 Å². The highest BCUT2D eigenvalue weighted by Gasteiger charge is 2.19. The van der Waals surface area contributed by atoms with Gasteiger partial charge in [-0.2, -0.15) is 5.26 Å². The summed E-state index contributed by atoms with van der Waals surface area (Å²) in [6.45, 7) is 3.27. The van der Waals surface area contributed by atoms with E-state index in [0.717, 1.165) is 24.2 Å². The van der Waals surface area contributed by atoms with E-state index in [0.29, 0.717) is 18.5 Å². The van der Waals surface area contributed by atoms with Gasteiger partial charge in [-0.25, -0.2) is 0 Å². The molecule has 1 aromatic rings. The number of carbonyl (C=O) groups excluding carboxylic acids is 1. The third kappa shape index (κ3) is 2.06. The SMILES string of the molecule is Cc1ccc(N2CCCC(=O)C2)c(C#N)c1. The first kappa shape index (κ1) is 10.7. The van der Waals surface area contributed by atoms with Crippen LogP contribution in [-0.4, -0.2) is 18.9 Å². The normalized spacial score (nSPS) is 16.0. The van der Waals surface area contributed by atoms with Gasteiger partial charge in [0.25, 0.3) is 0 Å². The van der Waals surface area contributed by atoms with Crippen LogP contribution in [0, 0.1) is 18.3 Å². The smallest absolute Gasteiger partial charge is 0.152 e. The maximum absolute atomic E-state index is 11.4. The van der Waals surface area contributed by atoms with Crippen LogP contribution in [0.25, 0.3) is 0 Å². The van der Waals surface area contributed by atoms with E-state index in [4.69, 9.17) is 5.26 Å². The van der Waals surface area contributed by atoms with E-state index in [2.05, 4.69) is 6.07 Å². The Morgan fingerprint density at radius 1 is 1.44 bits per heavy atom. The van der Waals surface area contributed by atoms with Crippen LogP contribution in [0.3, 0.4) is 0 Å². The number of nitriles is 1. The molecule has 0 aromatic heterocycles. The van der Waals surface area contributed by atoms with Crippen LogP contribution >= 0.6 is 0 Å². The molecule has 0 spiro atoms. The van der Waals surface area contributed by atoms with Gasteiger partial charge in [0.2, 0.25) is 0 Å². The number of hydrogen-bond acceptors (Lipinski definition) is 3. The summed E-state index contributed by atoms with van der Waals surface area (Å²) < 4.78 is 0. The zero-order chi connectivity index (χ0) is 11.5. The molecule has 16 heavy (non-hydrogen) atoms. The van der Waals surface area contributed by atoms with Gasteiger partial charge in [0.15, 0.2) is 5.78 Å². The summed E-state index contributed by atoms with van der Waals surface area (Å²) in [5.74, 6) is 0.260. The molecule has 0 atom stereocenters. The van der Waals surface area contributed by atoms with E-state index in [1.54, 1.807) is 0 Å². The highest BCUT2D eigenvalue weighted by atomic mass is 16.1. The highest BCUT2D eigenvalue weighted by molar-refractivity contribution is 5.85. The number of rotatable bonds is 1. The molecule has 0 radical (unpaired) electrons. The average Bonchev–Trinajstić information content (AvgIpc) is 2.28. The lowest BCUT2D eigenvalue weighted by Gasteiger charge is -2.28. The molecule has 0 saturated carbocycles. The van der Waals surface area contributed by atoms with Gasteiger partial charge in [-0.1, -0.05) is 6.07 Å². The minimum Gasteiger partial charge on any atom is -0.363 e. The minimum absolute atomic E-state index is 0.260. The lowest BCUT2D eigenvalue weighted by Crippen LogP contribution is -2.35. The number of Topliss-reactive ketones (excluding diaryl/α,β-unsaturated/α-hetero) is 1. The van der Waals surface area contributed by atoms with Crippen molar-refractivity contribution in [1.82, 2.24) is 0 Å². The Morgan fingerprint density at radius 3 is 2.94 bits per heavy atom. The van der Waals surface area contributed by atoms with E-state index in [-0.39, 0.29) is 5.78 Å². The molecule has 0 amide bonds. The summed E-state index contributed by atoms with van der Waals surface area (Å²) in [5, 5.41) is 9.08. The van der Waals surface area contributed by atoms with Crippen molar-refractivity contribution in [1.29, 1.82) is 5.26 Å². The van der Waals surface area contributed by atoms with Crippen LogP contribution < -0.4 is 4.90 Å². The fraction of sp³-hybridized carbons (Fsp3) is 0.385. The number of anilines is 1. The summed E-state index contributed by atoms with van der Waals surface area (Å²) in [6.07, 6.45) is 1.56. The molecule has 3 nitrogen and oxygen atoms in total. The molecule has 1 aliphatic heterocycles. The molecule has 0 bridgehead atoms. The molecule has 1 heterocycles. The van der Waals surface area contributed by atoms with Gasteiger partial charge in [-0.3, -0.25) is 4.79 Å². The second kappa shape index (κ2) is 4.36. The van der Waals surface area contributed by atoms with Crippen LogP contribution in [0.5, 0.6) is 0 Å². The van der Waals surface area contributed by atoms with Gasteiger partial charge < -0.3 is 4.90 Å². The van der Waals surface area contributed by atoms with Crippen molar-refractivity contribution in [2.24, 2.45) is 0 Å². The highest BCUT2D eigenvalue weighted by Crippen LogP contribution is 2.23. The second-order valence-electron chi connectivity index (χ2n) is 4.20. The molecular formula is C13H14N2O. The Balaban J connectivity index is 2.32. The number of piperidine rings is 1. The van der Waals surface area contributed by atoms with Gasteiger partial charge in [-0.15, -0.1) is 0 Å². The quantitative estimate of drug-likeness (QED) is 0.718. The third-order valence-corrected chi connectivity index (χ3v) is 2.86. The summed E-state index contributed by atoms with van der Waals surface area (Å²) in [7, 11) is 0. The van der Waals surface area contributed by atoms with Gasteiger partial charge in [-0.05, 0) is 31.0 Å². The summed E-state index contributed by atoms with van der Waals surface area (Å²) in [4.78, 5) is 13.4. The zero-order valence-electron chi connectivity index (χ0n) is 9.36. The Labute approximate surface area is 95.3 Å². The van der Waals surface area contributed by atoms with Crippen LogP contribution in [0.2, 0.25) is 0 Å². The first-order chi connectivity index (χ1) is 7.70. The Morgan fingerprint density at radius 2 is 2.25 bits per heavy atom. The molecule has 82 valence electrons. The molecule has 3 heteroatoms. The number of aryl methyl sites for hydroxylation is 1. The number of hydrogen-bond donors (Lipinski definition) is 0. The first-order valence-corrected chi connectivity index (χ1v) is 5.48. The van der Waals surface area contributed by atoms with Crippen LogP contribution in [0.4, 0.5) is 5.69 Å². The predicted molar refractivity (Wildman–Crippen MR) is 62.3 cm³/mol. The minimum atomic E-state index is 0.260. The second-order valence-corrected chi connectivity index (χ2v) is 4.20. The van der Waals surface area contributed by atoms with Gasteiger partial charge in [0.1, 0.15) is 6.07 Å². The monoisotopic (exact) mass is 214 g/mol. The molecule has 1 aromatic carbocycles. The molecule has 0 unspecified atom stereocenters. The van der Waals surface area contributed by atoms with Crippen molar-refractivity contribution in [3.8, 4) is 6.07 Å². The molecular weight excluding hydrogens is 200 g/mol. The summed E-state index contributed by atoms with van der Waals surface area (Å²) in [6, 6.07) is 7.98. The Kier molecular flexibility index (Phi) is 2.91. The van der Waals surface area contributed by atoms with Crippen LogP contribution in [0.1, 0.15) is 24.0 Å². The van der Waals surface area contributed by atoms with Crippen molar-refractivity contribution in [2.45, 2.75) is 19.8 Å². The lowest BCUT2D eigenvalue weighted by molar-refractivity contribution is -0.118. The van der Waals surface area contributed by atoms with Gasteiger partial charge in [0.05, 0.1) is 17.8 Å². The van der Waals surface area contributed by atoms with E-state index >= 15 is 0 Å². The molecule has 2 rings (SSSR count). The molecule has 0 aliphatic carbocycles. The Hall–Kier alpha value is -1.82. The lowest BCUT2D eigenvalue weighted by atomic mass is 10.1. The molecule has 1 saturated heterocycles. The third-order valence-electron chi connectivity index (χ3n) is 2.86. The van der Waals surface area contributed by atoms with Crippen molar-refractivity contribution in [3.05, 3.63) is 29.3 Å². The maximum Gasteiger partial charge on any atom is 0.152 e. The first-order valence-electron chi connectivity index (χ1n) is 5.48.